The molecule has 4 heteroatoms. The van der Waals surface area contributed by atoms with E-state index in [-0.39, 0.29) is 23.0 Å². The number of nitrogens with one attached hydrogen (secondary N) is 1. The molecule has 3 unspecified atom stereocenters. The third-order valence-electron chi connectivity index (χ3n) is 5.40. The Morgan fingerprint density at radius 2 is 1.86 bits per heavy atom. The highest BCUT2D eigenvalue weighted by molar-refractivity contribution is 6.56. The highest BCUT2D eigenvalue weighted by atomic mass is 28.3. The van der Waals surface area contributed by atoms with Crippen LogP contribution in [-0.4, -0.2) is 26.1 Å². The first kappa shape index (κ1) is 17.0. The summed E-state index contributed by atoms with van der Waals surface area (Å²) >= 11 is 0. The molecule has 2 rings (SSSR count). The molecule has 2 saturated heterocycles. The first-order chi connectivity index (χ1) is 9.63. The summed E-state index contributed by atoms with van der Waals surface area (Å²) in [6, 6.07) is 1.18. The average Bonchev–Trinajstić information content (AvgIpc) is 2.33. The van der Waals surface area contributed by atoms with Gasteiger partial charge < -0.3 is 9.74 Å². The minimum atomic E-state index is -1.30. The molecule has 0 aromatic rings. The Morgan fingerprint density at radius 1 is 1.29 bits per heavy atom. The van der Waals surface area contributed by atoms with Crippen molar-refractivity contribution < 1.29 is 9.22 Å². The van der Waals surface area contributed by atoms with E-state index in [1.807, 2.05) is 0 Å². The molecule has 0 radical (unpaired) electrons. The molecule has 0 spiro atoms. The largest absolute Gasteiger partial charge is 0.521 e. The zero-order valence-electron chi connectivity index (χ0n) is 14.7. The van der Waals surface area contributed by atoms with E-state index in [1.165, 1.54) is 6.04 Å². The summed E-state index contributed by atoms with van der Waals surface area (Å²) in [5.41, 5.74) is 0.839. The lowest BCUT2D eigenvalue weighted by Crippen LogP contribution is -2.59. The van der Waals surface area contributed by atoms with Crippen LogP contribution in [0.15, 0.2) is 0 Å². The number of carbonyl (C=O) groups is 1. The van der Waals surface area contributed by atoms with E-state index in [4.69, 9.17) is 4.43 Å². The second kappa shape index (κ2) is 6.03. The van der Waals surface area contributed by atoms with Crippen molar-refractivity contribution in [3.8, 4) is 0 Å². The van der Waals surface area contributed by atoms with Crippen molar-refractivity contribution in [1.29, 1.82) is 0 Å². The van der Waals surface area contributed by atoms with Crippen LogP contribution in [0.2, 0.25) is 11.6 Å². The van der Waals surface area contributed by atoms with Gasteiger partial charge >= 0.3 is 0 Å². The minimum absolute atomic E-state index is 0.109. The van der Waals surface area contributed by atoms with Gasteiger partial charge in [-0.15, -0.1) is 0 Å². The maximum atomic E-state index is 12.5. The summed E-state index contributed by atoms with van der Waals surface area (Å²) < 4.78 is 5.92. The number of rotatable bonds is 3. The van der Waals surface area contributed by atoms with Crippen LogP contribution in [0.4, 0.5) is 0 Å². The molecule has 1 N–H and O–H groups in total. The van der Waals surface area contributed by atoms with Crippen LogP contribution >= 0.6 is 0 Å². The molecule has 2 fully saturated rings. The van der Waals surface area contributed by atoms with E-state index in [9.17, 15) is 4.79 Å². The third kappa shape index (κ3) is 4.10. The summed E-state index contributed by atoms with van der Waals surface area (Å²) in [6.45, 7) is 13.5. The van der Waals surface area contributed by atoms with E-state index >= 15 is 0 Å². The molecule has 0 aromatic carbocycles. The van der Waals surface area contributed by atoms with Gasteiger partial charge in [0.1, 0.15) is 0 Å². The predicted octanol–water partition coefficient (Wildman–Crippen LogP) is 3.63. The monoisotopic (exact) mass is 311 g/mol. The van der Waals surface area contributed by atoms with E-state index in [1.54, 1.807) is 0 Å². The third-order valence-corrected chi connectivity index (χ3v) is 8.58. The molecule has 0 aromatic heterocycles. The van der Waals surface area contributed by atoms with Crippen molar-refractivity contribution in [2.45, 2.75) is 89.9 Å². The van der Waals surface area contributed by atoms with Gasteiger partial charge in [0.25, 0.3) is 5.97 Å². The smallest absolute Gasteiger partial charge is 0.295 e. The van der Waals surface area contributed by atoms with E-state index in [0.29, 0.717) is 11.5 Å². The standard InChI is InChI=1S/C17H33NO2Si/c1-7-12(2)21-9-8-14(15(19)20-21)13-10-16(3,4)18-17(5,6)11-13/h12-14,18,21H,7-11H2,1-6H3. The van der Waals surface area contributed by atoms with E-state index in [0.717, 1.165) is 25.7 Å². The highest BCUT2D eigenvalue weighted by Crippen LogP contribution is 2.41. The van der Waals surface area contributed by atoms with Gasteiger partial charge in [-0.2, -0.15) is 0 Å². The number of hydrogen-bond donors (Lipinski definition) is 1. The molecule has 21 heavy (non-hydrogen) atoms. The molecule has 3 nitrogen and oxygen atoms in total. The minimum Gasteiger partial charge on any atom is -0.521 e. The zero-order valence-corrected chi connectivity index (χ0v) is 15.8. The molecule has 0 bridgehead atoms. The SMILES string of the molecule is CCC(C)[SiH]1CCC(C2CC(C)(C)NC(C)(C)C2)C(=O)O1. The molecule has 2 heterocycles. The Kier molecular flexibility index (Phi) is 4.89. The van der Waals surface area contributed by atoms with E-state index in [2.05, 4.69) is 46.9 Å². The molecule has 2 aliphatic heterocycles. The quantitative estimate of drug-likeness (QED) is 0.809. The fourth-order valence-corrected chi connectivity index (χ4v) is 7.14. The Bertz CT molecular complexity index is 378. The summed E-state index contributed by atoms with van der Waals surface area (Å²) in [6.07, 6.45) is 4.36. The van der Waals surface area contributed by atoms with Crippen molar-refractivity contribution in [2.24, 2.45) is 11.8 Å². The molecule has 122 valence electrons. The van der Waals surface area contributed by atoms with Crippen molar-refractivity contribution in [3.05, 3.63) is 0 Å². The fraction of sp³-hybridized carbons (Fsp3) is 0.941. The Labute approximate surface area is 131 Å². The van der Waals surface area contributed by atoms with Crippen LogP contribution in [0, 0.1) is 11.8 Å². The molecule has 0 amide bonds. The van der Waals surface area contributed by atoms with Crippen molar-refractivity contribution in [1.82, 2.24) is 5.32 Å². The number of carbonyl (C=O) groups excluding carboxylic acids is 1. The van der Waals surface area contributed by atoms with Crippen LogP contribution in [0.3, 0.4) is 0 Å². The molecule has 0 aliphatic carbocycles. The molecule has 0 saturated carbocycles. The van der Waals surface area contributed by atoms with Crippen LogP contribution in [0.5, 0.6) is 0 Å². The van der Waals surface area contributed by atoms with Gasteiger partial charge in [0.05, 0.1) is 5.92 Å². The Morgan fingerprint density at radius 3 is 2.33 bits per heavy atom. The first-order valence-electron chi connectivity index (χ1n) is 8.63. The van der Waals surface area contributed by atoms with Gasteiger partial charge in [0, 0.05) is 11.1 Å². The highest BCUT2D eigenvalue weighted by Gasteiger charge is 2.45. The fourth-order valence-electron chi connectivity index (χ4n) is 4.53. The first-order valence-corrected chi connectivity index (χ1v) is 10.6. The Balaban J connectivity index is 2.04. The van der Waals surface area contributed by atoms with Gasteiger partial charge in [-0.25, -0.2) is 0 Å². The zero-order chi connectivity index (χ0) is 15.8. The lowest BCUT2D eigenvalue weighted by molar-refractivity contribution is -0.144. The van der Waals surface area contributed by atoms with Crippen LogP contribution in [-0.2, 0) is 9.22 Å². The maximum absolute atomic E-state index is 12.5. The maximum Gasteiger partial charge on any atom is 0.295 e. The second-order valence-electron chi connectivity index (χ2n) is 8.61. The van der Waals surface area contributed by atoms with Gasteiger partial charge in [-0.1, -0.05) is 20.3 Å². The van der Waals surface area contributed by atoms with Gasteiger partial charge in [0.15, 0.2) is 0 Å². The molecule has 3 atom stereocenters. The van der Waals surface area contributed by atoms with E-state index < -0.39 is 9.04 Å². The van der Waals surface area contributed by atoms with Gasteiger partial charge in [0.2, 0.25) is 9.04 Å². The lowest BCUT2D eigenvalue weighted by Gasteiger charge is -2.49. The van der Waals surface area contributed by atoms with Crippen molar-refractivity contribution in [2.75, 3.05) is 0 Å². The van der Waals surface area contributed by atoms with Crippen LogP contribution < -0.4 is 5.32 Å². The molecular weight excluding hydrogens is 278 g/mol. The Hall–Kier alpha value is -0.353. The van der Waals surface area contributed by atoms with Crippen molar-refractivity contribution >= 4 is 15.0 Å². The molecular formula is C17H33NO2Si. The van der Waals surface area contributed by atoms with Crippen LogP contribution in [0.25, 0.3) is 0 Å². The molecule has 2 aliphatic rings. The number of hydrogen-bond acceptors (Lipinski definition) is 3. The predicted molar refractivity (Wildman–Crippen MR) is 89.9 cm³/mol. The second-order valence-corrected chi connectivity index (χ2v) is 11.6. The normalized spacial score (nSPS) is 34.3. The summed E-state index contributed by atoms with van der Waals surface area (Å²) in [4.78, 5) is 12.5. The topological polar surface area (TPSA) is 38.3 Å². The van der Waals surface area contributed by atoms with Crippen molar-refractivity contribution in [3.63, 3.8) is 0 Å². The van der Waals surface area contributed by atoms with Gasteiger partial charge in [-0.05, 0) is 64.5 Å². The lowest BCUT2D eigenvalue weighted by atomic mass is 9.70. The average molecular weight is 312 g/mol. The summed E-state index contributed by atoms with van der Waals surface area (Å²) in [5, 5.41) is 3.71. The van der Waals surface area contributed by atoms with Gasteiger partial charge in [-0.3, -0.25) is 4.79 Å². The summed E-state index contributed by atoms with van der Waals surface area (Å²) in [5.74, 6) is 0.728. The number of piperidine rings is 1. The van der Waals surface area contributed by atoms with Crippen LogP contribution in [0.1, 0.15) is 67.2 Å². The summed E-state index contributed by atoms with van der Waals surface area (Å²) in [7, 11) is -1.30.